The first kappa shape index (κ1) is 21.0. The fraction of sp³-hybridized carbons (Fsp3) is 0.364. The number of nitrogens with one attached hydrogen (secondary N) is 2. The molecular formula is C22H28N2O2S. The average molecular weight is 385 g/mol. The van der Waals surface area contributed by atoms with Crippen LogP contribution >= 0.6 is 11.8 Å². The summed E-state index contributed by atoms with van der Waals surface area (Å²) in [6.45, 7) is 4.21. The summed E-state index contributed by atoms with van der Waals surface area (Å²) in [6, 6.07) is 15.8. The molecule has 2 rings (SSSR count). The Balaban J connectivity index is 1.58. The van der Waals surface area contributed by atoms with Crippen molar-refractivity contribution in [2.75, 3.05) is 22.1 Å². The molecule has 2 N–H and O–H groups in total. The Morgan fingerprint density at radius 2 is 1.07 bits per heavy atom. The van der Waals surface area contributed by atoms with Crippen molar-refractivity contribution in [1.29, 1.82) is 0 Å². The fourth-order valence-electron chi connectivity index (χ4n) is 2.53. The SMILES string of the molecule is CCc1ccc(NC(=O)CCSCCC(=O)Nc2ccc(CC)cc2)cc1. The van der Waals surface area contributed by atoms with E-state index in [4.69, 9.17) is 0 Å². The van der Waals surface area contributed by atoms with Gasteiger partial charge in [0.2, 0.25) is 11.8 Å². The van der Waals surface area contributed by atoms with Crippen molar-refractivity contribution < 1.29 is 9.59 Å². The quantitative estimate of drug-likeness (QED) is 0.573. The minimum atomic E-state index is 0.00668. The molecule has 0 spiro atoms. The van der Waals surface area contributed by atoms with E-state index in [1.807, 2.05) is 48.5 Å². The van der Waals surface area contributed by atoms with Crippen molar-refractivity contribution in [3.8, 4) is 0 Å². The smallest absolute Gasteiger partial charge is 0.225 e. The Bertz CT molecular complexity index is 663. The van der Waals surface area contributed by atoms with Gasteiger partial charge >= 0.3 is 0 Å². The van der Waals surface area contributed by atoms with Crippen LogP contribution in [0, 0.1) is 0 Å². The molecule has 0 saturated carbocycles. The Hall–Kier alpha value is -2.27. The Labute approximate surface area is 166 Å². The summed E-state index contributed by atoms with van der Waals surface area (Å²) in [5, 5.41) is 5.81. The molecule has 0 bridgehead atoms. The van der Waals surface area contributed by atoms with E-state index in [1.54, 1.807) is 11.8 Å². The molecule has 5 heteroatoms. The number of carbonyl (C=O) groups is 2. The van der Waals surface area contributed by atoms with E-state index < -0.39 is 0 Å². The van der Waals surface area contributed by atoms with Gasteiger partial charge in [-0.1, -0.05) is 38.1 Å². The van der Waals surface area contributed by atoms with Gasteiger partial charge < -0.3 is 10.6 Å². The van der Waals surface area contributed by atoms with Crippen molar-refractivity contribution >= 4 is 35.0 Å². The highest BCUT2D eigenvalue weighted by Gasteiger charge is 2.05. The lowest BCUT2D eigenvalue weighted by atomic mass is 10.1. The Kier molecular flexibility index (Phi) is 8.92. The van der Waals surface area contributed by atoms with Crippen LogP contribution in [-0.2, 0) is 22.4 Å². The summed E-state index contributed by atoms with van der Waals surface area (Å²) in [7, 11) is 0. The topological polar surface area (TPSA) is 58.2 Å². The summed E-state index contributed by atoms with van der Waals surface area (Å²) < 4.78 is 0. The lowest BCUT2D eigenvalue weighted by Gasteiger charge is -2.07. The third kappa shape index (κ3) is 7.87. The third-order valence-electron chi connectivity index (χ3n) is 4.24. The zero-order valence-electron chi connectivity index (χ0n) is 16.1. The molecule has 144 valence electrons. The first-order valence-electron chi connectivity index (χ1n) is 9.46. The van der Waals surface area contributed by atoms with Crippen LogP contribution in [0.2, 0.25) is 0 Å². The van der Waals surface area contributed by atoms with Gasteiger partial charge in [0, 0.05) is 35.7 Å². The maximum atomic E-state index is 12.0. The molecule has 0 atom stereocenters. The lowest BCUT2D eigenvalue weighted by molar-refractivity contribution is -0.116. The number of thioether (sulfide) groups is 1. The molecule has 0 saturated heterocycles. The van der Waals surface area contributed by atoms with Gasteiger partial charge in [-0.3, -0.25) is 9.59 Å². The minimum absolute atomic E-state index is 0.00668. The van der Waals surface area contributed by atoms with Crippen LogP contribution in [0.4, 0.5) is 11.4 Å². The number of hydrogen-bond donors (Lipinski definition) is 2. The molecule has 0 aliphatic carbocycles. The standard InChI is InChI=1S/C22H28N2O2S/c1-3-17-5-9-19(10-6-17)23-21(25)13-15-27-16-14-22(26)24-20-11-7-18(4-2)8-12-20/h5-12H,3-4,13-16H2,1-2H3,(H,23,25)(H,24,26). The Morgan fingerprint density at radius 1 is 0.704 bits per heavy atom. The van der Waals surface area contributed by atoms with Gasteiger partial charge in [-0.2, -0.15) is 11.8 Å². The van der Waals surface area contributed by atoms with Crippen LogP contribution in [0.3, 0.4) is 0 Å². The lowest BCUT2D eigenvalue weighted by Crippen LogP contribution is -2.14. The van der Waals surface area contributed by atoms with Crippen LogP contribution in [0.15, 0.2) is 48.5 Å². The molecule has 0 fully saturated rings. The van der Waals surface area contributed by atoms with Crippen molar-refractivity contribution in [2.24, 2.45) is 0 Å². The van der Waals surface area contributed by atoms with Crippen LogP contribution < -0.4 is 10.6 Å². The molecular weight excluding hydrogens is 356 g/mol. The van der Waals surface area contributed by atoms with Gasteiger partial charge in [-0.15, -0.1) is 0 Å². The minimum Gasteiger partial charge on any atom is -0.326 e. The van der Waals surface area contributed by atoms with Crippen LogP contribution in [-0.4, -0.2) is 23.3 Å². The van der Waals surface area contributed by atoms with E-state index in [2.05, 4.69) is 24.5 Å². The summed E-state index contributed by atoms with van der Waals surface area (Å²) in [6.07, 6.45) is 2.87. The molecule has 0 aliphatic rings. The zero-order chi connectivity index (χ0) is 19.5. The highest BCUT2D eigenvalue weighted by atomic mass is 32.2. The average Bonchev–Trinajstić information content (AvgIpc) is 2.69. The molecule has 0 heterocycles. The molecule has 27 heavy (non-hydrogen) atoms. The van der Waals surface area contributed by atoms with E-state index in [9.17, 15) is 9.59 Å². The largest absolute Gasteiger partial charge is 0.326 e. The molecule has 2 aromatic rings. The van der Waals surface area contributed by atoms with E-state index in [0.29, 0.717) is 24.3 Å². The van der Waals surface area contributed by atoms with Gasteiger partial charge in [-0.25, -0.2) is 0 Å². The summed E-state index contributed by atoms with van der Waals surface area (Å²) >= 11 is 1.62. The number of hydrogen-bond acceptors (Lipinski definition) is 3. The van der Waals surface area contributed by atoms with Crippen molar-refractivity contribution in [1.82, 2.24) is 0 Å². The van der Waals surface area contributed by atoms with E-state index in [-0.39, 0.29) is 11.8 Å². The molecule has 2 amide bonds. The van der Waals surface area contributed by atoms with Gasteiger partial charge in [0.05, 0.1) is 0 Å². The maximum absolute atomic E-state index is 12.0. The van der Waals surface area contributed by atoms with Crippen molar-refractivity contribution in [3.63, 3.8) is 0 Å². The van der Waals surface area contributed by atoms with E-state index in [0.717, 1.165) is 24.2 Å². The molecule has 0 aromatic heterocycles. The highest BCUT2D eigenvalue weighted by Crippen LogP contribution is 2.13. The second-order valence-corrected chi connectivity index (χ2v) is 7.53. The first-order valence-corrected chi connectivity index (χ1v) is 10.6. The zero-order valence-corrected chi connectivity index (χ0v) is 16.9. The van der Waals surface area contributed by atoms with Crippen LogP contribution in [0.5, 0.6) is 0 Å². The monoisotopic (exact) mass is 384 g/mol. The predicted molar refractivity (Wildman–Crippen MR) is 115 cm³/mol. The Morgan fingerprint density at radius 3 is 1.41 bits per heavy atom. The van der Waals surface area contributed by atoms with Gasteiger partial charge in [-0.05, 0) is 48.2 Å². The van der Waals surface area contributed by atoms with Gasteiger partial charge in [0.1, 0.15) is 0 Å². The molecule has 0 aliphatic heterocycles. The van der Waals surface area contributed by atoms with Gasteiger partial charge in [0.25, 0.3) is 0 Å². The van der Waals surface area contributed by atoms with Crippen molar-refractivity contribution in [2.45, 2.75) is 39.5 Å². The summed E-state index contributed by atoms with van der Waals surface area (Å²) in [4.78, 5) is 23.9. The maximum Gasteiger partial charge on any atom is 0.225 e. The number of aryl methyl sites for hydroxylation is 2. The van der Waals surface area contributed by atoms with E-state index >= 15 is 0 Å². The predicted octanol–water partition coefficient (Wildman–Crippen LogP) is 4.90. The molecule has 0 radical (unpaired) electrons. The molecule has 0 unspecified atom stereocenters. The number of amides is 2. The number of carbonyl (C=O) groups excluding carboxylic acids is 2. The second-order valence-electron chi connectivity index (χ2n) is 6.31. The third-order valence-corrected chi connectivity index (χ3v) is 5.22. The van der Waals surface area contributed by atoms with Gasteiger partial charge in [0.15, 0.2) is 0 Å². The second kappa shape index (κ2) is 11.4. The molecule has 4 nitrogen and oxygen atoms in total. The number of rotatable bonds is 10. The summed E-state index contributed by atoms with van der Waals surface area (Å²) in [5.74, 6) is 1.42. The number of anilines is 2. The van der Waals surface area contributed by atoms with Crippen LogP contribution in [0.25, 0.3) is 0 Å². The van der Waals surface area contributed by atoms with E-state index in [1.165, 1.54) is 11.1 Å². The van der Waals surface area contributed by atoms with Crippen molar-refractivity contribution in [3.05, 3.63) is 59.7 Å². The normalized spacial score (nSPS) is 10.4. The highest BCUT2D eigenvalue weighted by molar-refractivity contribution is 7.99. The first-order chi connectivity index (χ1) is 13.1. The summed E-state index contributed by atoms with van der Waals surface area (Å²) in [5.41, 5.74) is 4.16. The fourth-order valence-corrected chi connectivity index (χ4v) is 3.39. The number of benzene rings is 2. The molecule has 2 aromatic carbocycles. The van der Waals surface area contributed by atoms with Crippen LogP contribution in [0.1, 0.15) is 37.8 Å².